The van der Waals surface area contributed by atoms with Crippen LogP contribution in [-0.4, -0.2) is 36.3 Å². The fourth-order valence-corrected chi connectivity index (χ4v) is 3.90. The van der Waals surface area contributed by atoms with Crippen LogP contribution in [-0.2, 0) is 0 Å². The number of fused-ring (bicyclic) bond motifs is 1. The number of methoxy groups -OCH3 is 1. The third-order valence-corrected chi connectivity index (χ3v) is 5.59. The Hall–Kier alpha value is -2.35. The number of nitrogens with two attached hydrogens (primary N) is 1. The summed E-state index contributed by atoms with van der Waals surface area (Å²) in [7, 11) is 1.44. The molecule has 1 atom stereocenters. The van der Waals surface area contributed by atoms with E-state index in [1.165, 1.54) is 17.7 Å². The molecule has 1 aliphatic carbocycles. The molecule has 1 aromatic carbocycles. The third-order valence-electron chi connectivity index (χ3n) is 5.59. The molecule has 1 unspecified atom stereocenters. The first-order valence-corrected chi connectivity index (χ1v) is 8.88. The fraction of sp³-hybridized carbons (Fsp3) is 0.556. The lowest BCUT2D eigenvalue weighted by Crippen LogP contribution is -2.33. The van der Waals surface area contributed by atoms with E-state index in [0.717, 1.165) is 19.3 Å². The zero-order valence-electron chi connectivity index (χ0n) is 15.0. The van der Waals surface area contributed by atoms with Crippen LogP contribution in [0.3, 0.4) is 0 Å². The van der Waals surface area contributed by atoms with Gasteiger partial charge in [0.05, 0.1) is 12.5 Å². The molecule has 0 spiro atoms. The monoisotopic (exact) mass is 362 g/mol. The Morgan fingerprint density at radius 1 is 1.42 bits per heavy atom. The summed E-state index contributed by atoms with van der Waals surface area (Å²) in [5, 5.41) is 0.135. The number of H-pyrrole nitrogens is 1. The fourth-order valence-electron chi connectivity index (χ4n) is 3.90. The van der Waals surface area contributed by atoms with E-state index in [-0.39, 0.29) is 22.6 Å². The Labute approximate surface area is 149 Å². The molecule has 2 aromatic rings. The summed E-state index contributed by atoms with van der Waals surface area (Å²) in [5.41, 5.74) is 5.38. The highest BCUT2D eigenvalue weighted by Crippen LogP contribution is 2.44. The number of nitrogens with zero attached hydrogens (tertiary/aromatic N) is 2. The molecular weight excluding hydrogens is 339 g/mol. The first-order valence-electron chi connectivity index (χ1n) is 8.88. The van der Waals surface area contributed by atoms with Gasteiger partial charge in [-0.3, -0.25) is 14.3 Å². The normalized spacial score (nSPS) is 23.0. The number of rotatable bonds is 4. The number of hydrogen-bond acceptors (Lipinski definition) is 5. The number of hydrogen-bond donors (Lipinski definition) is 2. The lowest BCUT2D eigenvalue weighted by atomic mass is 9.90. The van der Waals surface area contributed by atoms with E-state index in [0.29, 0.717) is 30.8 Å². The van der Waals surface area contributed by atoms with Gasteiger partial charge in [-0.25, -0.2) is 9.18 Å². The van der Waals surface area contributed by atoms with Crippen molar-refractivity contribution in [2.24, 2.45) is 11.1 Å². The van der Waals surface area contributed by atoms with Crippen LogP contribution in [0.1, 0.15) is 32.2 Å². The van der Waals surface area contributed by atoms with Gasteiger partial charge >= 0.3 is 5.69 Å². The Bertz CT molecular complexity index is 995. The van der Waals surface area contributed by atoms with Gasteiger partial charge < -0.3 is 15.4 Å². The van der Waals surface area contributed by atoms with E-state index in [1.54, 1.807) is 0 Å². The molecule has 0 radical (unpaired) electrons. The highest BCUT2D eigenvalue weighted by molar-refractivity contribution is 5.91. The number of aromatic amines is 1. The number of nitrogens with one attached hydrogen (secondary N) is 1. The van der Waals surface area contributed by atoms with Crippen molar-refractivity contribution in [1.82, 2.24) is 9.55 Å². The maximum absolute atomic E-state index is 15.0. The predicted molar refractivity (Wildman–Crippen MR) is 97.6 cm³/mol. The molecule has 7 nitrogen and oxygen atoms in total. The van der Waals surface area contributed by atoms with Crippen LogP contribution in [0.4, 0.5) is 10.1 Å². The molecule has 1 aliphatic heterocycles. The molecule has 0 amide bonds. The van der Waals surface area contributed by atoms with Gasteiger partial charge in [-0.1, -0.05) is 6.92 Å². The highest BCUT2D eigenvalue weighted by Gasteiger charge is 2.37. The number of ether oxygens (including phenoxy) is 1. The number of halogens is 1. The van der Waals surface area contributed by atoms with Gasteiger partial charge in [0, 0.05) is 19.1 Å². The maximum Gasteiger partial charge on any atom is 0.329 e. The van der Waals surface area contributed by atoms with E-state index in [9.17, 15) is 9.59 Å². The molecule has 2 fully saturated rings. The van der Waals surface area contributed by atoms with E-state index < -0.39 is 17.1 Å². The minimum absolute atomic E-state index is 0.0157. The van der Waals surface area contributed by atoms with Crippen molar-refractivity contribution in [2.75, 3.05) is 31.6 Å². The average molecular weight is 362 g/mol. The van der Waals surface area contributed by atoms with E-state index in [1.807, 2.05) is 4.90 Å². The Morgan fingerprint density at radius 3 is 2.73 bits per heavy atom. The third kappa shape index (κ3) is 2.51. The van der Waals surface area contributed by atoms with Crippen molar-refractivity contribution in [1.29, 1.82) is 0 Å². The van der Waals surface area contributed by atoms with Crippen molar-refractivity contribution in [2.45, 2.75) is 32.2 Å². The number of aromatic nitrogens is 2. The molecule has 4 rings (SSSR count). The molecule has 3 N–H and O–H groups in total. The Morgan fingerprint density at radius 2 is 2.15 bits per heavy atom. The zero-order valence-corrected chi connectivity index (χ0v) is 15.0. The molecule has 1 saturated heterocycles. The summed E-state index contributed by atoms with van der Waals surface area (Å²) < 4.78 is 22.1. The molecule has 140 valence electrons. The Balaban J connectivity index is 2.00. The summed E-state index contributed by atoms with van der Waals surface area (Å²) in [4.78, 5) is 28.9. The van der Waals surface area contributed by atoms with Crippen LogP contribution in [0.25, 0.3) is 10.9 Å². The zero-order chi connectivity index (χ0) is 18.6. The van der Waals surface area contributed by atoms with Crippen molar-refractivity contribution >= 4 is 16.6 Å². The van der Waals surface area contributed by atoms with Crippen LogP contribution in [0, 0.1) is 11.2 Å². The van der Waals surface area contributed by atoms with E-state index >= 15 is 4.39 Å². The Kier molecular flexibility index (Phi) is 3.83. The number of benzene rings is 1. The quantitative estimate of drug-likeness (QED) is 0.856. The second-order valence-electron chi connectivity index (χ2n) is 7.68. The van der Waals surface area contributed by atoms with Crippen molar-refractivity contribution in [3.63, 3.8) is 0 Å². The topological polar surface area (TPSA) is 93.3 Å². The van der Waals surface area contributed by atoms with Crippen LogP contribution >= 0.6 is 0 Å². The lowest BCUT2D eigenvalue weighted by molar-refractivity contribution is 0.381. The van der Waals surface area contributed by atoms with Gasteiger partial charge in [-0.05, 0) is 37.3 Å². The second kappa shape index (κ2) is 5.84. The second-order valence-corrected chi connectivity index (χ2v) is 7.68. The smallest absolute Gasteiger partial charge is 0.329 e. The molecule has 26 heavy (non-hydrogen) atoms. The largest absolute Gasteiger partial charge is 0.492 e. The van der Waals surface area contributed by atoms with Crippen molar-refractivity contribution in [3.8, 4) is 5.75 Å². The molecule has 1 aromatic heterocycles. The average Bonchev–Trinajstić information content (AvgIpc) is 3.36. The summed E-state index contributed by atoms with van der Waals surface area (Å²) in [5.74, 6) is -0.279. The molecule has 2 heterocycles. The van der Waals surface area contributed by atoms with Gasteiger partial charge in [0.15, 0.2) is 11.6 Å². The van der Waals surface area contributed by atoms with E-state index in [2.05, 4.69) is 11.9 Å². The standard InChI is InChI=1S/C18H23FN4O3/c1-18(8-20)5-6-22(9-18)14-12(19)7-11-13(15(14)26-2)23(10-3-4-10)17(25)21-16(11)24/h7,10H,3-6,8-9,20H2,1-2H3,(H,21,24,25). The van der Waals surface area contributed by atoms with Crippen LogP contribution in [0.15, 0.2) is 15.7 Å². The first-order chi connectivity index (χ1) is 12.4. The molecule has 8 heteroatoms. The van der Waals surface area contributed by atoms with Crippen molar-refractivity contribution < 1.29 is 9.13 Å². The van der Waals surface area contributed by atoms with Crippen molar-refractivity contribution in [3.05, 3.63) is 32.7 Å². The summed E-state index contributed by atoms with van der Waals surface area (Å²) in [6.45, 7) is 3.82. The summed E-state index contributed by atoms with van der Waals surface area (Å²) in [6, 6.07) is 1.23. The first kappa shape index (κ1) is 17.1. The summed E-state index contributed by atoms with van der Waals surface area (Å²) in [6.07, 6.45) is 2.55. The van der Waals surface area contributed by atoms with Gasteiger partial charge in [0.2, 0.25) is 0 Å². The van der Waals surface area contributed by atoms with Gasteiger partial charge in [0.25, 0.3) is 5.56 Å². The van der Waals surface area contributed by atoms with Gasteiger partial charge in [-0.15, -0.1) is 0 Å². The predicted octanol–water partition coefficient (Wildman–Crippen LogP) is 1.35. The van der Waals surface area contributed by atoms with Crippen LogP contribution in [0.5, 0.6) is 5.75 Å². The molecule has 0 bridgehead atoms. The minimum Gasteiger partial charge on any atom is -0.492 e. The maximum atomic E-state index is 15.0. The highest BCUT2D eigenvalue weighted by atomic mass is 19.1. The van der Waals surface area contributed by atoms with E-state index in [4.69, 9.17) is 10.5 Å². The minimum atomic E-state index is -0.598. The van der Waals surface area contributed by atoms with Gasteiger partial charge in [-0.2, -0.15) is 0 Å². The molecule has 2 aliphatic rings. The molecular formula is C18H23FN4O3. The van der Waals surface area contributed by atoms with Gasteiger partial charge in [0.1, 0.15) is 11.2 Å². The summed E-state index contributed by atoms with van der Waals surface area (Å²) >= 11 is 0. The van der Waals surface area contributed by atoms with Crippen LogP contribution < -0.4 is 26.6 Å². The lowest BCUT2D eigenvalue weighted by Gasteiger charge is -2.26. The molecule has 1 saturated carbocycles. The number of anilines is 1. The van der Waals surface area contributed by atoms with Crippen LogP contribution in [0.2, 0.25) is 0 Å². The SMILES string of the molecule is COc1c(N2CCC(C)(CN)C2)c(F)cc2c(=O)[nH]c(=O)n(C3CC3)c12.